The summed E-state index contributed by atoms with van der Waals surface area (Å²) in [5.41, 5.74) is 1.51. The summed E-state index contributed by atoms with van der Waals surface area (Å²) in [5.74, 6) is 0.990. The van der Waals surface area contributed by atoms with Gasteiger partial charge in [-0.1, -0.05) is 98.1 Å². The fourth-order valence-electron chi connectivity index (χ4n) is 3.21. The van der Waals surface area contributed by atoms with Crippen molar-refractivity contribution in [2.75, 3.05) is 0 Å². The highest BCUT2D eigenvalue weighted by molar-refractivity contribution is 7.34. The Morgan fingerprint density at radius 1 is 0.643 bits per heavy atom. The van der Waals surface area contributed by atoms with Crippen molar-refractivity contribution in [3.8, 4) is 11.5 Å². The number of benzene rings is 4. The fourth-order valence-corrected chi connectivity index (χ4v) is 3.96. The largest absolute Gasteiger partial charge is 0.805 e. The van der Waals surface area contributed by atoms with Gasteiger partial charge in [0.2, 0.25) is 11.5 Å². The quantitative estimate of drug-likeness (QED) is 0.325. The highest BCUT2D eigenvalue weighted by Gasteiger charge is 2.29. The van der Waals surface area contributed by atoms with Crippen molar-refractivity contribution >= 4 is 42.0 Å². The minimum atomic E-state index is -2.47. The first-order valence-corrected chi connectivity index (χ1v) is 9.92. The maximum absolute atomic E-state index is 12.8. The van der Waals surface area contributed by atoms with Gasteiger partial charge in [0.1, 0.15) is 0 Å². The van der Waals surface area contributed by atoms with Crippen LogP contribution in [0, 0.1) is 0 Å². The van der Waals surface area contributed by atoms with E-state index in [1.165, 1.54) is 0 Å². The van der Waals surface area contributed by atoms with E-state index in [-0.39, 0.29) is 0 Å². The predicted octanol–water partition coefficient (Wildman–Crippen LogP) is 7.39. The van der Waals surface area contributed by atoms with Crippen molar-refractivity contribution in [2.45, 2.75) is 0 Å². The maximum atomic E-state index is 12.8. The normalized spacial score (nSPS) is 10.6. The van der Waals surface area contributed by atoms with E-state index in [0.717, 1.165) is 32.7 Å². The molecule has 0 aromatic heterocycles. The second-order valence-electron chi connectivity index (χ2n) is 6.22. The molecule has 0 heterocycles. The molecule has 4 heteroatoms. The smallest absolute Gasteiger partial charge is 0.221 e. The molecule has 0 fully saturated rings. The van der Waals surface area contributed by atoms with Crippen molar-refractivity contribution < 1.29 is 13.6 Å². The van der Waals surface area contributed by atoms with Crippen molar-refractivity contribution in [3.63, 3.8) is 0 Å². The summed E-state index contributed by atoms with van der Waals surface area (Å²) in [7, 11) is -2.47. The van der Waals surface area contributed by atoms with Crippen LogP contribution in [0.3, 0.4) is 0 Å². The van der Waals surface area contributed by atoms with Gasteiger partial charge in [0.25, 0.3) is 0 Å². The van der Waals surface area contributed by atoms with E-state index in [1.807, 2.05) is 72.8 Å². The van der Waals surface area contributed by atoms with E-state index in [2.05, 4.69) is 13.2 Å². The van der Waals surface area contributed by atoms with Gasteiger partial charge in [-0.3, -0.25) is 0 Å². The molecule has 0 saturated heterocycles. The first kappa shape index (κ1) is 18.0. The molecular formula is C24H18O3P+. The maximum Gasteiger partial charge on any atom is 0.805 e. The summed E-state index contributed by atoms with van der Waals surface area (Å²) in [6.45, 7) is 7.66. The third kappa shape index (κ3) is 3.28. The Morgan fingerprint density at radius 2 is 1.07 bits per heavy atom. The Kier molecular flexibility index (Phi) is 4.92. The lowest BCUT2D eigenvalue weighted by Gasteiger charge is -2.07. The molecule has 0 radical (unpaired) electrons. The molecule has 0 amide bonds. The molecule has 28 heavy (non-hydrogen) atoms. The second kappa shape index (κ2) is 7.67. The van der Waals surface area contributed by atoms with Crippen molar-refractivity contribution in [1.29, 1.82) is 0 Å². The van der Waals surface area contributed by atoms with Crippen LogP contribution in [0.2, 0.25) is 0 Å². The average Bonchev–Trinajstić information content (AvgIpc) is 2.74. The number of rotatable bonds is 6. The molecule has 4 rings (SSSR count). The molecule has 0 aliphatic carbocycles. The molecule has 0 saturated carbocycles. The van der Waals surface area contributed by atoms with Crippen LogP contribution in [0.4, 0.5) is 0 Å². The zero-order valence-corrected chi connectivity index (χ0v) is 16.1. The Hall–Kier alpha value is -3.42. The lowest BCUT2D eigenvalue weighted by molar-refractivity contribution is 0.418. The first-order valence-electron chi connectivity index (χ1n) is 8.83. The molecule has 0 N–H and O–H groups in total. The molecule has 3 nitrogen and oxygen atoms in total. The molecule has 4 aromatic rings. The average molecular weight is 385 g/mol. The standard InChI is InChI=1S/C24H18O3P/c1-3-17-13-15-19-9-5-7-11-21(19)23(17)26-28(25)27-24-18(4-2)14-16-20-10-6-8-12-22(20)24/h3-16H,1-2H2/q+1. The zero-order chi connectivity index (χ0) is 19.5. The van der Waals surface area contributed by atoms with E-state index < -0.39 is 8.25 Å². The molecular weight excluding hydrogens is 367 g/mol. The zero-order valence-electron chi connectivity index (χ0n) is 15.2. The fraction of sp³-hybridized carbons (Fsp3) is 0. The number of hydrogen-bond acceptors (Lipinski definition) is 3. The summed E-state index contributed by atoms with van der Waals surface area (Å²) >= 11 is 0. The van der Waals surface area contributed by atoms with Crippen LogP contribution >= 0.6 is 8.25 Å². The van der Waals surface area contributed by atoms with Gasteiger partial charge >= 0.3 is 8.25 Å². The third-order valence-corrected chi connectivity index (χ3v) is 5.25. The Bertz CT molecular complexity index is 1130. The Balaban J connectivity index is 1.74. The van der Waals surface area contributed by atoms with Gasteiger partial charge < -0.3 is 0 Å². The van der Waals surface area contributed by atoms with Gasteiger partial charge in [0, 0.05) is 26.5 Å². The molecule has 0 unspecified atom stereocenters. The lowest BCUT2D eigenvalue weighted by atomic mass is 10.1. The van der Waals surface area contributed by atoms with Crippen molar-refractivity contribution in [1.82, 2.24) is 0 Å². The molecule has 0 aliphatic rings. The summed E-state index contributed by atoms with van der Waals surface area (Å²) in [6.07, 6.45) is 3.36. The van der Waals surface area contributed by atoms with E-state index in [4.69, 9.17) is 9.05 Å². The van der Waals surface area contributed by atoms with Gasteiger partial charge in [-0.25, -0.2) is 9.05 Å². The SMILES string of the molecule is C=Cc1ccc2ccccc2c1O[P+](=O)Oc1c(C=C)ccc2ccccc12. The van der Waals surface area contributed by atoms with E-state index in [1.54, 1.807) is 12.2 Å². The highest BCUT2D eigenvalue weighted by atomic mass is 31.1. The summed E-state index contributed by atoms with van der Waals surface area (Å²) in [6, 6.07) is 23.3. The van der Waals surface area contributed by atoms with E-state index in [9.17, 15) is 4.57 Å². The molecule has 136 valence electrons. The Labute approximate surface area is 164 Å². The minimum Gasteiger partial charge on any atom is -0.221 e. The monoisotopic (exact) mass is 385 g/mol. The summed E-state index contributed by atoms with van der Waals surface area (Å²) in [5, 5.41) is 3.69. The van der Waals surface area contributed by atoms with Crippen LogP contribution in [0.15, 0.2) is 86.0 Å². The van der Waals surface area contributed by atoms with Gasteiger partial charge in [-0.15, -0.1) is 0 Å². The third-order valence-electron chi connectivity index (χ3n) is 4.59. The van der Waals surface area contributed by atoms with Crippen LogP contribution in [-0.2, 0) is 4.57 Å². The molecule has 0 spiro atoms. The van der Waals surface area contributed by atoms with Crippen LogP contribution in [0.5, 0.6) is 11.5 Å². The van der Waals surface area contributed by atoms with E-state index >= 15 is 0 Å². The van der Waals surface area contributed by atoms with Crippen LogP contribution in [-0.4, -0.2) is 0 Å². The Morgan fingerprint density at radius 3 is 1.50 bits per heavy atom. The van der Waals surface area contributed by atoms with Crippen molar-refractivity contribution in [2.24, 2.45) is 0 Å². The topological polar surface area (TPSA) is 35.5 Å². The van der Waals surface area contributed by atoms with Gasteiger partial charge in [0.15, 0.2) is 0 Å². The lowest BCUT2D eigenvalue weighted by Crippen LogP contribution is -1.94. The van der Waals surface area contributed by atoms with Gasteiger partial charge in [-0.2, -0.15) is 0 Å². The first-order chi connectivity index (χ1) is 13.7. The number of hydrogen-bond donors (Lipinski definition) is 0. The second-order valence-corrected chi connectivity index (χ2v) is 7.04. The van der Waals surface area contributed by atoms with Crippen molar-refractivity contribution in [3.05, 3.63) is 97.1 Å². The summed E-state index contributed by atoms with van der Waals surface area (Å²) in [4.78, 5) is 0. The predicted molar refractivity (Wildman–Crippen MR) is 117 cm³/mol. The van der Waals surface area contributed by atoms with Gasteiger partial charge in [0.05, 0.1) is 0 Å². The molecule has 4 aromatic carbocycles. The van der Waals surface area contributed by atoms with Gasteiger partial charge in [-0.05, 0) is 10.8 Å². The van der Waals surface area contributed by atoms with Crippen LogP contribution < -0.4 is 9.05 Å². The molecule has 0 bridgehead atoms. The molecule has 0 atom stereocenters. The summed E-state index contributed by atoms with van der Waals surface area (Å²) < 4.78 is 24.4. The van der Waals surface area contributed by atoms with E-state index in [0.29, 0.717) is 11.5 Å². The number of fused-ring (bicyclic) bond motifs is 2. The highest BCUT2D eigenvalue weighted by Crippen LogP contribution is 2.41. The van der Waals surface area contributed by atoms with Crippen LogP contribution in [0.25, 0.3) is 33.7 Å². The minimum absolute atomic E-state index is 0.495. The van der Waals surface area contributed by atoms with Crippen LogP contribution in [0.1, 0.15) is 11.1 Å². The molecule has 0 aliphatic heterocycles.